The lowest BCUT2D eigenvalue weighted by Crippen LogP contribution is -2.25. The quantitative estimate of drug-likeness (QED) is 0.526. The van der Waals surface area contributed by atoms with Crippen molar-refractivity contribution in [3.8, 4) is 0 Å². The van der Waals surface area contributed by atoms with Crippen LogP contribution in [0, 0.1) is 0 Å². The van der Waals surface area contributed by atoms with Crippen molar-refractivity contribution in [1.82, 2.24) is 0 Å². The number of benzene rings is 1. The molecule has 3 nitrogen and oxygen atoms in total. The van der Waals surface area contributed by atoms with E-state index in [-0.39, 0.29) is 10.9 Å². The molecule has 0 aromatic heterocycles. The highest BCUT2D eigenvalue weighted by Gasteiger charge is 2.29. The molecule has 0 unspecified atom stereocenters. The summed E-state index contributed by atoms with van der Waals surface area (Å²) >= 11 is 0. The molecule has 72 valence electrons. The molecule has 0 radical (unpaired) electrons. The predicted octanol–water partition coefficient (Wildman–Crippen LogP) is 1.77. The molecule has 0 saturated heterocycles. The van der Waals surface area contributed by atoms with Gasteiger partial charge in [-0.3, -0.25) is 5.21 Å². The minimum Gasteiger partial charge on any atom is -0.273 e. The second kappa shape index (κ2) is 3.23. The van der Waals surface area contributed by atoms with Gasteiger partial charge < -0.3 is 0 Å². The number of nitrogens with zero attached hydrogens (tertiary/aromatic N) is 1. The Morgan fingerprint density at radius 1 is 1.15 bits per heavy atom. The average Bonchev–Trinajstić information content (AvgIpc) is 2.03. The minimum absolute atomic E-state index is 0.0907. The topological polar surface area (TPSA) is 49.5 Å². The van der Waals surface area contributed by atoms with Gasteiger partial charge in [-0.1, -0.05) is 0 Å². The maximum Gasteiger partial charge on any atom is 0.416 e. The third-order valence-electron chi connectivity index (χ3n) is 1.46. The van der Waals surface area contributed by atoms with Gasteiger partial charge in [-0.15, -0.1) is 0 Å². The molecule has 6 heteroatoms. The maximum absolute atomic E-state index is 12.0. The number of anilines is 1. The van der Waals surface area contributed by atoms with E-state index >= 15 is 0 Å². The van der Waals surface area contributed by atoms with Crippen molar-refractivity contribution in [2.75, 3.05) is 5.17 Å². The molecule has 0 atom stereocenters. The summed E-state index contributed by atoms with van der Waals surface area (Å²) in [5, 5.41) is 8.90. The molecular formula is C7H7F3N2O. The fraction of sp³-hybridized carbons (Fsp3) is 0.143. The van der Waals surface area contributed by atoms with Gasteiger partial charge in [-0.05, 0) is 24.3 Å². The third kappa shape index (κ3) is 2.33. The predicted molar refractivity (Wildman–Crippen MR) is 39.9 cm³/mol. The lowest BCUT2D eigenvalue weighted by Gasteiger charge is -2.11. The van der Waals surface area contributed by atoms with Gasteiger partial charge in [-0.2, -0.15) is 18.3 Å². The van der Waals surface area contributed by atoms with Crippen LogP contribution in [0.15, 0.2) is 24.3 Å². The van der Waals surface area contributed by atoms with E-state index in [9.17, 15) is 13.2 Å². The molecule has 0 amide bonds. The number of hydrogen-bond acceptors (Lipinski definition) is 3. The van der Waals surface area contributed by atoms with Crippen LogP contribution in [0.2, 0.25) is 0 Å². The first-order valence-electron chi connectivity index (χ1n) is 3.32. The Kier molecular flexibility index (Phi) is 2.44. The number of halogens is 3. The zero-order valence-corrected chi connectivity index (χ0v) is 6.42. The molecule has 0 spiro atoms. The summed E-state index contributed by atoms with van der Waals surface area (Å²) < 4.78 is 36.0. The second-order valence-electron chi connectivity index (χ2n) is 2.39. The summed E-state index contributed by atoms with van der Waals surface area (Å²) in [6, 6.07) is 3.82. The summed E-state index contributed by atoms with van der Waals surface area (Å²) in [5.74, 6) is 4.88. The Morgan fingerprint density at radius 3 is 1.92 bits per heavy atom. The van der Waals surface area contributed by atoms with Crippen molar-refractivity contribution in [1.29, 1.82) is 0 Å². The summed E-state index contributed by atoms with van der Waals surface area (Å²) in [7, 11) is 0. The molecule has 1 aromatic carbocycles. The van der Waals surface area contributed by atoms with Crippen LogP contribution in [0.3, 0.4) is 0 Å². The zero-order chi connectivity index (χ0) is 10.1. The molecule has 1 aromatic rings. The van der Waals surface area contributed by atoms with Crippen LogP contribution in [0.1, 0.15) is 5.56 Å². The molecule has 1 rings (SSSR count). The van der Waals surface area contributed by atoms with Gasteiger partial charge >= 0.3 is 6.18 Å². The van der Waals surface area contributed by atoms with Gasteiger partial charge in [0.25, 0.3) is 0 Å². The first-order chi connectivity index (χ1) is 5.91. The average molecular weight is 192 g/mol. The van der Waals surface area contributed by atoms with Crippen molar-refractivity contribution >= 4 is 5.69 Å². The van der Waals surface area contributed by atoms with Crippen molar-refractivity contribution in [2.24, 2.45) is 5.84 Å². The smallest absolute Gasteiger partial charge is 0.273 e. The fourth-order valence-electron chi connectivity index (χ4n) is 0.803. The van der Waals surface area contributed by atoms with Gasteiger partial charge in [0.2, 0.25) is 0 Å². The molecule has 0 aliphatic heterocycles. The van der Waals surface area contributed by atoms with E-state index < -0.39 is 11.7 Å². The van der Waals surface area contributed by atoms with Gasteiger partial charge in [0.1, 0.15) is 0 Å². The number of hydrazine groups is 1. The van der Waals surface area contributed by atoms with E-state index in [1.165, 1.54) is 0 Å². The fourth-order valence-corrected chi connectivity index (χ4v) is 0.803. The molecule has 0 heterocycles. The van der Waals surface area contributed by atoms with Crippen LogP contribution in [0.25, 0.3) is 0 Å². The lowest BCUT2D eigenvalue weighted by molar-refractivity contribution is -0.137. The van der Waals surface area contributed by atoms with Crippen LogP contribution >= 0.6 is 0 Å². The van der Waals surface area contributed by atoms with E-state index in [0.29, 0.717) is 0 Å². The van der Waals surface area contributed by atoms with Crippen molar-refractivity contribution in [3.05, 3.63) is 29.8 Å². The molecule has 0 aliphatic rings. The normalized spacial score (nSPS) is 11.5. The Balaban J connectivity index is 2.94. The largest absolute Gasteiger partial charge is 0.416 e. The van der Waals surface area contributed by atoms with Gasteiger partial charge in [0.05, 0.1) is 11.3 Å². The van der Waals surface area contributed by atoms with Crippen LogP contribution in [0.4, 0.5) is 18.9 Å². The van der Waals surface area contributed by atoms with Crippen molar-refractivity contribution in [3.63, 3.8) is 0 Å². The van der Waals surface area contributed by atoms with Crippen molar-refractivity contribution < 1.29 is 18.4 Å². The number of alkyl halides is 3. The Morgan fingerprint density at radius 2 is 1.62 bits per heavy atom. The van der Waals surface area contributed by atoms with Gasteiger partial charge in [-0.25, -0.2) is 5.84 Å². The molecular weight excluding hydrogens is 185 g/mol. The first kappa shape index (κ1) is 9.82. The standard InChI is InChI=1S/C7H7F3N2O/c8-7(9,10)5-1-3-6(4-2-5)12(11)13/h1-4,13H,11H2. The number of hydrogen-bond donors (Lipinski definition) is 2. The Labute approximate surface area is 72.1 Å². The molecule has 0 fully saturated rings. The van der Waals surface area contributed by atoms with E-state index in [4.69, 9.17) is 11.0 Å². The number of nitrogens with two attached hydrogens (primary N) is 1. The first-order valence-corrected chi connectivity index (χ1v) is 3.32. The molecule has 0 saturated carbocycles. The summed E-state index contributed by atoms with van der Waals surface area (Å²) in [6.07, 6.45) is -4.37. The molecule has 0 aliphatic carbocycles. The molecule has 0 bridgehead atoms. The maximum atomic E-state index is 12.0. The minimum atomic E-state index is -4.37. The van der Waals surface area contributed by atoms with Crippen LogP contribution in [0.5, 0.6) is 0 Å². The second-order valence-corrected chi connectivity index (χ2v) is 2.39. The Hall–Kier alpha value is -1.27. The van der Waals surface area contributed by atoms with E-state index in [1.807, 2.05) is 0 Å². The zero-order valence-electron chi connectivity index (χ0n) is 6.42. The molecule has 3 N–H and O–H groups in total. The Bertz CT molecular complexity index is 281. The highest BCUT2D eigenvalue weighted by molar-refractivity contribution is 5.44. The highest BCUT2D eigenvalue weighted by atomic mass is 19.4. The van der Waals surface area contributed by atoms with Gasteiger partial charge in [0, 0.05) is 0 Å². The van der Waals surface area contributed by atoms with Crippen LogP contribution in [-0.4, -0.2) is 5.21 Å². The summed E-state index contributed by atoms with van der Waals surface area (Å²) in [4.78, 5) is 0. The highest BCUT2D eigenvalue weighted by Crippen LogP contribution is 2.29. The van der Waals surface area contributed by atoms with Crippen molar-refractivity contribution in [2.45, 2.75) is 6.18 Å². The van der Waals surface area contributed by atoms with Crippen LogP contribution in [-0.2, 0) is 6.18 Å². The summed E-state index contributed by atoms with van der Waals surface area (Å²) in [6.45, 7) is 0. The van der Waals surface area contributed by atoms with E-state index in [1.54, 1.807) is 0 Å². The lowest BCUT2D eigenvalue weighted by atomic mass is 10.2. The van der Waals surface area contributed by atoms with Crippen LogP contribution < -0.4 is 11.0 Å². The van der Waals surface area contributed by atoms with Gasteiger partial charge in [0.15, 0.2) is 0 Å². The van der Waals surface area contributed by atoms with E-state index in [2.05, 4.69) is 0 Å². The number of rotatable bonds is 1. The van der Waals surface area contributed by atoms with E-state index in [0.717, 1.165) is 24.3 Å². The monoisotopic (exact) mass is 192 g/mol. The third-order valence-corrected chi connectivity index (χ3v) is 1.46. The SMILES string of the molecule is NN(O)c1ccc(C(F)(F)F)cc1. The summed E-state index contributed by atoms with van der Waals surface area (Å²) in [5.41, 5.74) is -0.689. The molecule has 13 heavy (non-hydrogen) atoms.